The lowest BCUT2D eigenvalue weighted by atomic mass is 10.2. The van der Waals surface area contributed by atoms with Gasteiger partial charge in [0.25, 0.3) is 0 Å². The Labute approximate surface area is 112 Å². The highest BCUT2D eigenvalue weighted by molar-refractivity contribution is 6.32. The summed E-state index contributed by atoms with van der Waals surface area (Å²) in [6.45, 7) is 0.844. The summed E-state index contributed by atoms with van der Waals surface area (Å²) < 4.78 is 5.17. The van der Waals surface area contributed by atoms with Crippen LogP contribution in [0.2, 0.25) is 5.02 Å². The van der Waals surface area contributed by atoms with Gasteiger partial charge in [-0.2, -0.15) is 0 Å². The minimum Gasteiger partial charge on any atom is -0.495 e. The van der Waals surface area contributed by atoms with Crippen LogP contribution in [0.5, 0.6) is 5.75 Å². The van der Waals surface area contributed by atoms with E-state index in [4.69, 9.17) is 16.3 Å². The summed E-state index contributed by atoms with van der Waals surface area (Å²) in [5.74, 6) is 0.683. The third-order valence-electron chi connectivity index (χ3n) is 2.62. The van der Waals surface area contributed by atoms with E-state index in [0.717, 1.165) is 18.7 Å². The lowest BCUT2D eigenvalue weighted by Crippen LogP contribution is -2.05. The lowest BCUT2D eigenvalue weighted by molar-refractivity contribution is 0.415. The first-order chi connectivity index (χ1) is 8.79. The molecule has 0 saturated heterocycles. The van der Waals surface area contributed by atoms with Gasteiger partial charge in [0, 0.05) is 30.7 Å². The van der Waals surface area contributed by atoms with E-state index in [1.165, 1.54) is 5.56 Å². The minimum atomic E-state index is 0.621. The maximum Gasteiger partial charge on any atom is 0.139 e. The summed E-state index contributed by atoms with van der Waals surface area (Å²) in [5, 5.41) is 3.95. The second-order valence-corrected chi connectivity index (χ2v) is 4.29. The SMILES string of the molecule is COc1cc(NCCc2cccnc2)ccc1Cl. The molecule has 0 aliphatic carbocycles. The highest BCUT2D eigenvalue weighted by atomic mass is 35.5. The Balaban J connectivity index is 1.91. The number of hydrogen-bond acceptors (Lipinski definition) is 3. The first kappa shape index (κ1) is 12.7. The molecule has 94 valence electrons. The molecule has 2 aromatic rings. The molecule has 3 nitrogen and oxygen atoms in total. The fourth-order valence-corrected chi connectivity index (χ4v) is 1.86. The molecule has 0 amide bonds. The van der Waals surface area contributed by atoms with Crippen LogP contribution in [0.3, 0.4) is 0 Å². The fraction of sp³-hybridized carbons (Fsp3) is 0.214. The highest BCUT2D eigenvalue weighted by Gasteiger charge is 2.01. The van der Waals surface area contributed by atoms with Gasteiger partial charge in [-0.15, -0.1) is 0 Å². The predicted octanol–water partition coefficient (Wildman–Crippen LogP) is 3.40. The first-order valence-electron chi connectivity index (χ1n) is 5.76. The molecule has 1 N–H and O–H groups in total. The number of aromatic nitrogens is 1. The van der Waals surface area contributed by atoms with Crippen molar-refractivity contribution < 1.29 is 4.74 Å². The van der Waals surface area contributed by atoms with Crippen LogP contribution in [-0.2, 0) is 6.42 Å². The number of pyridine rings is 1. The minimum absolute atomic E-state index is 0.621. The Kier molecular flexibility index (Phi) is 4.42. The Bertz CT molecular complexity index is 502. The van der Waals surface area contributed by atoms with Crippen molar-refractivity contribution in [3.63, 3.8) is 0 Å². The van der Waals surface area contributed by atoms with E-state index in [9.17, 15) is 0 Å². The number of rotatable bonds is 5. The molecule has 0 spiro atoms. The second-order valence-electron chi connectivity index (χ2n) is 3.89. The molecule has 1 aromatic carbocycles. The van der Waals surface area contributed by atoms with Crippen molar-refractivity contribution in [2.24, 2.45) is 0 Å². The van der Waals surface area contributed by atoms with Gasteiger partial charge in [-0.1, -0.05) is 17.7 Å². The van der Waals surface area contributed by atoms with Gasteiger partial charge in [0.1, 0.15) is 5.75 Å². The van der Waals surface area contributed by atoms with Crippen LogP contribution < -0.4 is 10.1 Å². The number of ether oxygens (including phenoxy) is 1. The van der Waals surface area contributed by atoms with Crippen LogP contribution in [0.25, 0.3) is 0 Å². The topological polar surface area (TPSA) is 34.1 Å². The van der Waals surface area contributed by atoms with E-state index in [-0.39, 0.29) is 0 Å². The van der Waals surface area contributed by atoms with E-state index in [1.807, 2.05) is 30.5 Å². The molecular formula is C14H15ClN2O. The van der Waals surface area contributed by atoms with Crippen molar-refractivity contribution in [1.29, 1.82) is 0 Å². The van der Waals surface area contributed by atoms with Crippen molar-refractivity contribution in [1.82, 2.24) is 4.98 Å². The summed E-state index contributed by atoms with van der Waals surface area (Å²) in [7, 11) is 1.61. The number of nitrogens with zero attached hydrogens (tertiary/aromatic N) is 1. The monoisotopic (exact) mass is 262 g/mol. The average Bonchev–Trinajstić information content (AvgIpc) is 2.42. The van der Waals surface area contributed by atoms with Crippen molar-refractivity contribution in [3.8, 4) is 5.75 Å². The quantitative estimate of drug-likeness (QED) is 0.897. The number of nitrogens with one attached hydrogen (secondary N) is 1. The van der Waals surface area contributed by atoms with Gasteiger partial charge in [-0.3, -0.25) is 4.98 Å². The summed E-state index contributed by atoms with van der Waals surface area (Å²) in [6, 6.07) is 9.67. The van der Waals surface area contributed by atoms with E-state index in [1.54, 1.807) is 13.3 Å². The van der Waals surface area contributed by atoms with Gasteiger partial charge >= 0.3 is 0 Å². The molecule has 0 aliphatic rings. The van der Waals surface area contributed by atoms with E-state index >= 15 is 0 Å². The Hall–Kier alpha value is -1.74. The van der Waals surface area contributed by atoms with Gasteiger partial charge < -0.3 is 10.1 Å². The van der Waals surface area contributed by atoms with Gasteiger partial charge in [0.15, 0.2) is 0 Å². The normalized spacial score (nSPS) is 10.1. The van der Waals surface area contributed by atoms with Crippen LogP contribution in [0.4, 0.5) is 5.69 Å². The van der Waals surface area contributed by atoms with Gasteiger partial charge in [0.05, 0.1) is 12.1 Å². The van der Waals surface area contributed by atoms with E-state index < -0.39 is 0 Å². The van der Waals surface area contributed by atoms with Crippen LogP contribution >= 0.6 is 11.6 Å². The third kappa shape index (κ3) is 3.37. The zero-order chi connectivity index (χ0) is 12.8. The molecule has 1 heterocycles. The molecule has 0 bridgehead atoms. The van der Waals surface area contributed by atoms with Crippen LogP contribution in [-0.4, -0.2) is 18.6 Å². The number of anilines is 1. The third-order valence-corrected chi connectivity index (χ3v) is 2.93. The number of hydrogen-bond donors (Lipinski definition) is 1. The fourth-order valence-electron chi connectivity index (χ4n) is 1.67. The Morgan fingerprint density at radius 1 is 1.33 bits per heavy atom. The number of halogens is 1. The standard InChI is InChI=1S/C14H15ClN2O/c1-18-14-9-12(4-5-13(14)15)17-8-6-11-3-2-7-16-10-11/h2-5,7,9-10,17H,6,8H2,1H3. The Morgan fingerprint density at radius 3 is 2.94 bits per heavy atom. The second kappa shape index (κ2) is 6.26. The van der Waals surface area contributed by atoms with Gasteiger partial charge in [0.2, 0.25) is 0 Å². The van der Waals surface area contributed by atoms with Gasteiger partial charge in [-0.05, 0) is 30.2 Å². The molecule has 0 fully saturated rings. The molecule has 1 aromatic heterocycles. The molecule has 2 rings (SSSR count). The molecule has 18 heavy (non-hydrogen) atoms. The number of methoxy groups -OCH3 is 1. The molecule has 0 radical (unpaired) electrons. The predicted molar refractivity (Wildman–Crippen MR) is 74.4 cm³/mol. The van der Waals surface area contributed by atoms with E-state index in [0.29, 0.717) is 10.8 Å². The van der Waals surface area contributed by atoms with Crippen molar-refractivity contribution in [2.45, 2.75) is 6.42 Å². The average molecular weight is 263 g/mol. The van der Waals surface area contributed by atoms with Crippen LogP contribution in [0.15, 0.2) is 42.7 Å². The van der Waals surface area contributed by atoms with Gasteiger partial charge in [-0.25, -0.2) is 0 Å². The summed E-state index contributed by atoms with van der Waals surface area (Å²) >= 11 is 5.97. The molecule has 0 saturated carbocycles. The summed E-state index contributed by atoms with van der Waals surface area (Å²) in [6.07, 6.45) is 4.59. The van der Waals surface area contributed by atoms with Crippen molar-refractivity contribution in [3.05, 3.63) is 53.3 Å². The van der Waals surface area contributed by atoms with Crippen molar-refractivity contribution in [2.75, 3.05) is 19.0 Å². The van der Waals surface area contributed by atoms with Crippen LogP contribution in [0, 0.1) is 0 Å². The largest absolute Gasteiger partial charge is 0.495 e. The molecule has 0 atom stereocenters. The summed E-state index contributed by atoms with van der Waals surface area (Å²) in [5.41, 5.74) is 2.21. The van der Waals surface area contributed by atoms with E-state index in [2.05, 4.69) is 16.4 Å². The van der Waals surface area contributed by atoms with Crippen LogP contribution in [0.1, 0.15) is 5.56 Å². The zero-order valence-electron chi connectivity index (χ0n) is 10.2. The molecule has 0 unspecified atom stereocenters. The molecular weight excluding hydrogens is 248 g/mol. The lowest BCUT2D eigenvalue weighted by Gasteiger charge is -2.09. The Morgan fingerprint density at radius 2 is 2.22 bits per heavy atom. The smallest absolute Gasteiger partial charge is 0.139 e. The highest BCUT2D eigenvalue weighted by Crippen LogP contribution is 2.27. The molecule has 4 heteroatoms. The number of benzene rings is 1. The zero-order valence-corrected chi connectivity index (χ0v) is 10.9. The maximum absolute atomic E-state index is 5.97. The molecule has 0 aliphatic heterocycles. The van der Waals surface area contributed by atoms with Crippen molar-refractivity contribution >= 4 is 17.3 Å². The summed E-state index contributed by atoms with van der Waals surface area (Å²) in [4.78, 5) is 4.08. The first-order valence-corrected chi connectivity index (χ1v) is 6.13. The maximum atomic E-state index is 5.97.